The number of halogens is 1. The summed E-state index contributed by atoms with van der Waals surface area (Å²) in [5.41, 5.74) is 2.28. The molecule has 0 spiro atoms. The van der Waals surface area contributed by atoms with Gasteiger partial charge in [0.15, 0.2) is 0 Å². The first-order chi connectivity index (χ1) is 12.0. The average molecular weight is 360 g/mol. The second kappa shape index (κ2) is 7.11. The largest absolute Gasteiger partial charge is 0.459 e. The normalized spacial score (nSPS) is 11.1. The number of para-hydroxylation sites is 1. The molecule has 2 heterocycles. The lowest BCUT2D eigenvalue weighted by molar-refractivity contribution is 0.0378. The molecule has 1 aromatic carbocycles. The van der Waals surface area contributed by atoms with E-state index in [4.69, 9.17) is 21.2 Å². The number of benzene rings is 1. The van der Waals surface area contributed by atoms with E-state index in [9.17, 15) is 4.79 Å². The lowest BCUT2D eigenvalue weighted by Gasteiger charge is -2.10. The third-order valence-corrected chi connectivity index (χ3v) is 3.71. The first-order valence-corrected chi connectivity index (χ1v) is 8.36. The van der Waals surface area contributed by atoms with E-state index in [1.54, 1.807) is 24.8 Å². The van der Waals surface area contributed by atoms with Crippen LogP contribution in [-0.2, 0) is 4.74 Å². The maximum atomic E-state index is 12.4. The molecule has 0 aliphatic carbocycles. The molecular weight excluding hydrogens is 342 g/mol. The zero-order valence-corrected chi connectivity index (χ0v) is 14.9. The Hall–Kier alpha value is -2.60. The van der Waals surface area contributed by atoms with E-state index >= 15 is 0 Å². The van der Waals surface area contributed by atoms with Crippen molar-refractivity contribution in [2.45, 2.75) is 26.9 Å². The summed E-state index contributed by atoms with van der Waals surface area (Å²) < 4.78 is 6.97. The predicted molar refractivity (Wildman–Crippen MR) is 95.6 cm³/mol. The van der Waals surface area contributed by atoms with E-state index in [-0.39, 0.29) is 17.0 Å². The zero-order chi connectivity index (χ0) is 18.0. The Bertz CT molecular complexity index is 921. The topological polar surface area (TPSA) is 66.2 Å². The van der Waals surface area contributed by atoms with Crippen molar-refractivity contribution in [3.8, 4) is 11.3 Å². The molecule has 0 atom stereocenters. The molecule has 0 amide bonds. The highest BCUT2D eigenvalue weighted by Gasteiger charge is 2.22. The van der Waals surface area contributed by atoms with Crippen LogP contribution in [0, 0.1) is 0 Å². The Balaban J connectivity index is 2.21. The van der Waals surface area contributed by atoms with Gasteiger partial charge in [0.25, 0.3) is 0 Å². The van der Waals surface area contributed by atoms with Crippen molar-refractivity contribution in [2.75, 3.05) is 6.61 Å². The monoisotopic (exact) mass is 359 g/mol. The number of esters is 1. The molecule has 7 heteroatoms. The first-order valence-electron chi connectivity index (χ1n) is 7.98. The van der Waals surface area contributed by atoms with Gasteiger partial charge in [0.2, 0.25) is 5.28 Å². The summed E-state index contributed by atoms with van der Waals surface area (Å²) in [6.07, 6.45) is 2.93. The molecule has 0 fully saturated rings. The summed E-state index contributed by atoms with van der Waals surface area (Å²) in [4.78, 5) is 26.3. The third-order valence-electron chi connectivity index (χ3n) is 3.52. The summed E-state index contributed by atoms with van der Waals surface area (Å²) in [5, 5.41) is 0.952. The minimum atomic E-state index is -0.491. The van der Waals surface area contributed by atoms with Crippen molar-refractivity contribution in [1.82, 2.24) is 14.7 Å². The second-order valence-corrected chi connectivity index (χ2v) is 6.00. The van der Waals surface area contributed by atoms with Crippen LogP contribution in [-0.4, -0.2) is 33.4 Å². The fourth-order valence-corrected chi connectivity index (χ4v) is 2.71. The number of rotatable bonds is 5. The van der Waals surface area contributed by atoms with Crippen LogP contribution in [0.3, 0.4) is 0 Å². The Morgan fingerprint density at radius 3 is 2.80 bits per heavy atom. The molecule has 0 saturated carbocycles. The molecule has 3 rings (SSSR count). The number of carbonyl (C=O) groups excluding carboxylic acids is 1. The Kier molecular flexibility index (Phi) is 4.90. The van der Waals surface area contributed by atoms with Gasteiger partial charge in [-0.25, -0.2) is 14.8 Å². The van der Waals surface area contributed by atoms with Crippen LogP contribution in [0.2, 0.25) is 5.28 Å². The number of hydrogen-bond acceptors (Lipinski definition) is 5. The number of ether oxygens (including phenoxy) is 1. The van der Waals surface area contributed by atoms with Crippen molar-refractivity contribution < 1.29 is 14.4 Å². The fourth-order valence-electron chi connectivity index (χ4n) is 2.58. The van der Waals surface area contributed by atoms with Gasteiger partial charge in [-0.1, -0.05) is 18.2 Å². The Morgan fingerprint density at radius 1 is 1.32 bits per heavy atom. The van der Waals surface area contributed by atoms with Gasteiger partial charge in [-0.3, -0.25) is 0 Å². The third kappa shape index (κ3) is 3.44. The number of aromatic nitrogens is 3. The van der Waals surface area contributed by atoms with Gasteiger partial charge < -0.3 is 9.57 Å². The fraction of sp³-hybridized carbons (Fsp3) is 0.278. The molecule has 0 bridgehead atoms. The summed E-state index contributed by atoms with van der Waals surface area (Å²) in [7, 11) is 0. The molecule has 0 aliphatic heterocycles. The summed E-state index contributed by atoms with van der Waals surface area (Å²) in [6.45, 7) is 5.98. The van der Waals surface area contributed by atoms with Crippen molar-refractivity contribution in [3.63, 3.8) is 0 Å². The van der Waals surface area contributed by atoms with E-state index in [0.717, 1.165) is 16.5 Å². The molecule has 130 valence electrons. The van der Waals surface area contributed by atoms with E-state index in [1.165, 1.54) is 6.20 Å². The van der Waals surface area contributed by atoms with Gasteiger partial charge in [-0.15, -0.1) is 0 Å². The average Bonchev–Trinajstić information content (AvgIpc) is 2.93. The van der Waals surface area contributed by atoms with E-state index in [0.29, 0.717) is 12.3 Å². The molecule has 3 aromatic rings. The van der Waals surface area contributed by atoms with Crippen molar-refractivity contribution >= 4 is 28.5 Å². The van der Waals surface area contributed by atoms with Gasteiger partial charge in [0.1, 0.15) is 12.2 Å². The van der Waals surface area contributed by atoms with E-state index in [1.807, 2.05) is 31.2 Å². The standard InChI is InChI=1S/C18H18ClN3O3/c1-4-24-22-10-14(12-7-5-6-8-15(12)22)16-13(9-20-18(19)21-16)17(23)25-11(2)3/h5-11H,4H2,1-3H3. The molecular formula is C18H18ClN3O3. The van der Waals surface area contributed by atoms with Gasteiger partial charge in [-0.2, -0.15) is 4.73 Å². The maximum absolute atomic E-state index is 12.4. The van der Waals surface area contributed by atoms with Gasteiger partial charge in [0, 0.05) is 17.1 Å². The lowest BCUT2D eigenvalue weighted by Crippen LogP contribution is -2.14. The number of nitrogens with zero attached hydrogens (tertiary/aromatic N) is 3. The van der Waals surface area contributed by atoms with Gasteiger partial charge in [-0.05, 0) is 38.4 Å². The van der Waals surface area contributed by atoms with Crippen LogP contribution in [0.1, 0.15) is 31.1 Å². The van der Waals surface area contributed by atoms with Crippen LogP contribution in [0.15, 0.2) is 36.7 Å². The molecule has 0 radical (unpaired) electrons. The highest BCUT2D eigenvalue weighted by atomic mass is 35.5. The molecule has 0 saturated heterocycles. The van der Waals surface area contributed by atoms with Crippen LogP contribution in [0.4, 0.5) is 0 Å². The molecule has 6 nitrogen and oxygen atoms in total. The minimum Gasteiger partial charge on any atom is -0.459 e. The summed E-state index contributed by atoms with van der Waals surface area (Å²) in [6, 6.07) is 7.71. The van der Waals surface area contributed by atoms with Gasteiger partial charge in [0.05, 0.1) is 23.5 Å². The number of hydrogen-bond donors (Lipinski definition) is 0. The smallest absolute Gasteiger partial charge is 0.342 e. The predicted octanol–water partition coefficient (Wildman–Crippen LogP) is 3.77. The summed E-state index contributed by atoms with van der Waals surface area (Å²) in [5.74, 6) is -0.491. The van der Waals surface area contributed by atoms with Gasteiger partial charge >= 0.3 is 5.97 Å². The quantitative estimate of drug-likeness (QED) is 0.512. The molecule has 0 aliphatic rings. The van der Waals surface area contributed by atoms with Crippen LogP contribution in [0.25, 0.3) is 22.2 Å². The highest BCUT2D eigenvalue weighted by Crippen LogP contribution is 2.32. The maximum Gasteiger partial charge on any atom is 0.342 e. The second-order valence-electron chi connectivity index (χ2n) is 5.66. The molecule has 25 heavy (non-hydrogen) atoms. The zero-order valence-electron chi connectivity index (χ0n) is 14.2. The van der Waals surface area contributed by atoms with Crippen LogP contribution < -0.4 is 4.84 Å². The van der Waals surface area contributed by atoms with Crippen molar-refractivity contribution in [1.29, 1.82) is 0 Å². The van der Waals surface area contributed by atoms with Crippen LogP contribution >= 0.6 is 11.6 Å². The van der Waals surface area contributed by atoms with E-state index in [2.05, 4.69) is 9.97 Å². The summed E-state index contributed by atoms with van der Waals surface area (Å²) >= 11 is 5.98. The first kappa shape index (κ1) is 17.2. The molecule has 0 unspecified atom stereocenters. The van der Waals surface area contributed by atoms with Crippen molar-refractivity contribution in [3.05, 3.63) is 47.5 Å². The molecule has 2 aromatic heterocycles. The van der Waals surface area contributed by atoms with E-state index < -0.39 is 5.97 Å². The highest BCUT2D eigenvalue weighted by molar-refractivity contribution is 6.28. The Labute approximate surface area is 150 Å². The lowest BCUT2D eigenvalue weighted by atomic mass is 10.1. The number of fused-ring (bicyclic) bond motifs is 1. The Morgan fingerprint density at radius 2 is 2.08 bits per heavy atom. The van der Waals surface area contributed by atoms with Crippen molar-refractivity contribution in [2.24, 2.45) is 0 Å². The number of carbonyl (C=O) groups is 1. The van der Waals surface area contributed by atoms with Crippen LogP contribution in [0.5, 0.6) is 0 Å². The SMILES string of the molecule is CCOn1cc(-c2nc(Cl)ncc2C(=O)OC(C)C)c2ccccc21. The molecule has 0 N–H and O–H groups in total. The minimum absolute atomic E-state index is 0.0596.